The maximum absolute atomic E-state index is 5.96. The Hall–Kier alpha value is -4.23. The van der Waals surface area contributed by atoms with Crippen LogP contribution in [0.4, 0.5) is 0 Å². The second-order valence-electron chi connectivity index (χ2n) is 21.1. The molecular weight excluding hydrogens is 805 g/mol. The lowest BCUT2D eigenvalue weighted by Crippen LogP contribution is -2.43. The van der Waals surface area contributed by atoms with E-state index in [0.717, 1.165) is 27.8 Å². The summed E-state index contributed by atoms with van der Waals surface area (Å²) in [6.07, 6.45) is 5.96. The van der Waals surface area contributed by atoms with Crippen LogP contribution >= 0.6 is 0 Å². The lowest BCUT2D eigenvalue weighted by atomic mass is 9.65. The van der Waals surface area contributed by atoms with Gasteiger partial charge in [-0.3, -0.25) is 0 Å². The minimum atomic E-state index is -1.91. The standard InChI is InChI=1S/C60H80Si3/c1-20-52-21-29-56(30-22-52)60(57-31-23-53(24-32-57)37-40-61(43(2)3,44(4)5)45(6)7,58-33-25-54(26-34-58)38-41-62(46(8)9,47(10)11)48(12)13)59-35-27-55(28-36-59)39-42-63(49(14)15,50(16)17)51(18)19/h1,21-36,43-51H,2-19H3. The summed E-state index contributed by atoms with van der Waals surface area (Å²) in [6, 6.07) is 35.9. The summed E-state index contributed by atoms with van der Waals surface area (Å²) in [5, 5.41) is 0. The van der Waals surface area contributed by atoms with E-state index in [9.17, 15) is 0 Å². The van der Waals surface area contributed by atoms with E-state index in [1.807, 2.05) is 0 Å². The average Bonchev–Trinajstić information content (AvgIpc) is 3.22. The van der Waals surface area contributed by atoms with Crippen LogP contribution in [-0.4, -0.2) is 24.2 Å². The first kappa shape index (κ1) is 51.4. The van der Waals surface area contributed by atoms with E-state index in [-0.39, 0.29) is 0 Å². The fourth-order valence-corrected chi connectivity index (χ4v) is 27.7. The maximum Gasteiger partial charge on any atom is 0.146 e. The minimum absolute atomic E-state index is 0.572. The fourth-order valence-electron chi connectivity index (χ4n) is 12.1. The summed E-state index contributed by atoms with van der Waals surface area (Å²) >= 11 is 0. The molecule has 63 heavy (non-hydrogen) atoms. The van der Waals surface area contributed by atoms with Crippen molar-refractivity contribution in [2.24, 2.45) is 0 Å². The molecule has 4 aromatic carbocycles. The van der Waals surface area contributed by atoms with Gasteiger partial charge in [-0.15, -0.1) is 23.1 Å². The van der Waals surface area contributed by atoms with E-state index in [1.165, 1.54) is 16.7 Å². The van der Waals surface area contributed by atoms with Gasteiger partial charge in [0.2, 0.25) is 0 Å². The topological polar surface area (TPSA) is 0 Å². The SMILES string of the molecule is C#Cc1ccc(C(c2ccc(C#C[Si](C(C)C)(C(C)C)C(C)C)cc2)(c2ccc(C#C[Si](C(C)C)(C(C)C)C(C)C)cc2)c2ccc(C#C[Si](C(C)C)(C(C)C)C(C)C)cc2)cc1. The quantitative estimate of drug-likeness (QED) is 0.0713. The molecule has 0 nitrogen and oxygen atoms in total. The molecule has 0 radical (unpaired) electrons. The van der Waals surface area contributed by atoms with Gasteiger partial charge >= 0.3 is 0 Å². The van der Waals surface area contributed by atoms with E-state index >= 15 is 0 Å². The highest BCUT2D eigenvalue weighted by molar-refractivity contribution is 6.91. The molecule has 0 spiro atoms. The molecule has 0 aliphatic rings. The summed E-state index contributed by atoms with van der Waals surface area (Å²) in [6.45, 7) is 42.9. The van der Waals surface area contributed by atoms with E-state index < -0.39 is 29.6 Å². The average molecular weight is 886 g/mol. The van der Waals surface area contributed by atoms with Gasteiger partial charge in [0, 0.05) is 22.3 Å². The highest BCUT2D eigenvalue weighted by Crippen LogP contribution is 2.47. The summed E-state index contributed by atoms with van der Waals surface area (Å²) in [5.74, 6) is 14.0. The molecule has 0 N–H and O–H groups in total. The van der Waals surface area contributed by atoms with Crippen LogP contribution in [0.3, 0.4) is 0 Å². The van der Waals surface area contributed by atoms with Gasteiger partial charge < -0.3 is 0 Å². The van der Waals surface area contributed by atoms with Gasteiger partial charge in [-0.25, -0.2) is 0 Å². The van der Waals surface area contributed by atoms with Gasteiger partial charge in [0.1, 0.15) is 24.2 Å². The lowest BCUT2D eigenvalue weighted by Gasteiger charge is -2.38. The normalized spacial score (nSPS) is 12.5. The minimum Gasteiger partial charge on any atom is -0.125 e. The van der Waals surface area contributed by atoms with Crippen molar-refractivity contribution >= 4 is 24.2 Å². The Morgan fingerprint density at radius 1 is 0.302 bits per heavy atom. The predicted molar refractivity (Wildman–Crippen MR) is 286 cm³/mol. The molecule has 0 aliphatic carbocycles. The largest absolute Gasteiger partial charge is 0.146 e. The third-order valence-corrected chi connectivity index (χ3v) is 34.2. The van der Waals surface area contributed by atoms with E-state index in [2.05, 4.69) is 262 Å². The number of hydrogen-bond acceptors (Lipinski definition) is 0. The first-order valence-electron chi connectivity index (χ1n) is 24.1. The van der Waals surface area contributed by atoms with Gasteiger partial charge in [0.15, 0.2) is 0 Å². The molecule has 0 bridgehead atoms. The molecular formula is C60H80Si3. The van der Waals surface area contributed by atoms with Crippen molar-refractivity contribution < 1.29 is 0 Å². The molecule has 0 saturated carbocycles. The van der Waals surface area contributed by atoms with Crippen LogP contribution in [0.5, 0.6) is 0 Å². The summed E-state index contributed by atoms with van der Waals surface area (Å²) in [7, 11) is -5.73. The van der Waals surface area contributed by atoms with Gasteiger partial charge in [-0.1, -0.05) is 197 Å². The van der Waals surface area contributed by atoms with Gasteiger partial charge in [0.25, 0.3) is 0 Å². The van der Waals surface area contributed by atoms with Crippen molar-refractivity contribution in [3.8, 4) is 46.7 Å². The molecule has 0 heterocycles. The molecule has 0 saturated heterocycles. The Labute approximate surface area is 390 Å². The molecule has 0 amide bonds. The monoisotopic (exact) mass is 885 g/mol. The molecule has 0 aliphatic heterocycles. The van der Waals surface area contributed by atoms with Gasteiger partial charge in [0.05, 0.1) is 5.41 Å². The molecule has 4 rings (SSSR count). The zero-order chi connectivity index (χ0) is 47.1. The van der Waals surface area contributed by atoms with Crippen LogP contribution in [0, 0.1) is 46.7 Å². The molecule has 0 aromatic heterocycles. The van der Waals surface area contributed by atoms with Crippen molar-refractivity contribution in [1.29, 1.82) is 0 Å². The zero-order valence-electron chi connectivity index (χ0n) is 42.5. The number of rotatable bonds is 13. The lowest BCUT2D eigenvalue weighted by molar-refractivity contribution is 0.744. The third kappa shape index (κ3) is 10.0. The number of hydrogen-bond donors (Lipinski definition) is 0. The van der Waals surface area contributed by atoms with Crippen LogP contribution in [0.25, 0.3) is 0 Å². The van der Waals surface area contributed by atoms with E-state index in [0.29, 0.717) is 49.9 Å². The molecule has 332 valence electrons. The maximum atomic E-state index is 5.96. The van der Waals surface area contributed by atoms with Crippen molar-refractivity contribution in [2.75, 3.05) is 0 Å². The van der Waals surface area contributed by atoms with Crippen molar-refractivity contribution in [3.63, 3.8) is 0 Å². The van der Waals surface area contributed by atoms with E-state index in [4.69, 9.17) is 6.42 Å². The second-order valence-corrected chi connectivity index (χ2v) is 37.9. The molecule has 0 unspecified atom stereocenters. The Morgan fingerprint density at radius 2 is 0.476 bits per heavy atom. The van der Waals surface area contributed by atoms with Crippen LogP contribution in [0.1, 0.15) is 169 Å². The summed E-state index contributed by atoms with van der Waals surface area (Å²) in [5.41, 5.74) is 25.1. The van der Waals surface area contributed by atoms with Crippen LogP contribution in [0.15, 0.2) is 97.1 Å². The van der Waals surface area contributed by atoms with Gasteiger partial charge in [-0.05, 0) is 121 Å². The van der Waals surface area contributed by atoms with Crippen molar-refractivity contribution in [1.82, 2.24) is 0 Å². The highest BCUT2D eigenvalue weighted by Gasteiger charge is 2.44. The van der Waals surface area contributed by atoms with Gasteiger partial charge in [-0.2, -0.15) is 0 Å². The fraction of sp³-hybridized carbons (Fsp3) is 0.467. The second kappa shape index (κ2) is 21.2. The molecule has 0 fully saturated rings. The first-order chi connectivity index (χ1) is 29.6. The third-order valence-electron chi connectivity index (χ3n) is 15.3. The summed E-state index contributed by atoms with van der Waals surface area (Å²) in [4.78, 5) is 0. The van der Waals surface area contributed by atoms with Crippen LogP contribution in [-0.2, 0) is 5.41 Å². The smallest absolute Gasteiger partial charge is 0.125 e. The predicted octanol–water partition coefficient (Wildman–Crippen LogP) is 16.8. The highest BCUT2D eigenvalue weighted by atomic mass is 28.3. The Balaban J connectivity index is 2.06. The van der Waals surface area contributed by atoms with Crippen LogP contribution in [0.2, 0.25) is 49.9 Å². The molecule has 4 aromatic rings. The number of benzene rings is 4. The number of terminal acetylenes is 1. The van der Waals surface area contributed by atoms with Crippen LogP contribution < -0.4 is 0 Å². The zero-order valence-corrected chi connectivity index (χ0v) is 45.5. The Kier molecular flexibility index (Phi) is 17.3. The summed E-state index contributed by atoms with van der Waals surface area (Å²) < 4.78 is 0. The molecule has 3 heteroatoms. The van der Waals surface area contributed by atoms with E-state index in [1.54, 1.807) is 0 Å². The Morgan fingerprint density at radius 3 is 0.635 bits per heavy atom. The first-order valence-corrected chi connectivity index (χ1v) is 30.8. The van der Waals surface area contributed by atoms with Crippen molar-refractivity contribution in [2.45, 2.75) is 180 Å². The van der Waals surface area contributed by atoms with Crippen molar-refractivity contribution in [3.05, 3.63) is 142 Å². The Bertz CT molecular complexity index is 2050. The molecule has 0 atom stereocenters.